The Morgan fingerprint density at radius 2 is 1.43 bits per heavy atom. The van der Waals surface area contributed by atoms with Crippen molar-refractivity contribution in [1.29, 1.82) is 0 Å². The van der Waals surface area contributed by atoms with Gasteiger partial charge in [0.15, 0.2) is 6.04 Å². The van der Waals surface area contributed by atoms with E-state index in [0.29, 0.717) is 0 Å². The molecule has 9 heteroatoms. The van der Waals surface area contributed by atoms with E-state index in [-0.39, 0.29) is 24.2 Å². The summed E-state index contributed by atoms with van der Waals surface area (Å²) in [7, 11) is 0. The Kier molecular flexibility index (Phi) is 8.27. The SMILES string of the molecule is C=C(C)C(=O)NC[C@H](NC(=O)[C@@H]([NH3+])CNC(=O)C(=C)C)C(=O)O. The fourth-order valence-corrected chi connectivity index (χ4v) is 1.29. The van der Waals surface area contributed by atoms with Crippen molar-refractivity contribution < 1.29 is 30.0 Å². The Hall–Kier alpha value is -2.68. The van der Waals surface area contributed by atoms with Gasteiger partial charge in [0.1, 0.15) is 6.04 Å². The van der Waals surface area contributed by atoms with Crippen LogP contribution in [0.3, 0.4) is 0 Å². The summed E-state index contributed by atoms with van der Waals surface area (Å²) in [5, 5.41) is 16.1. The van der Waals surface area contributed by atoms with Gasteiger partial charge in [0, 0.05) is 17.7 Å². The Bertz CT molecular complexity index is 529. The molecule has 0 saturated heterocycles. The summed E-state index contributed by atoms with van der Waals surface area (Å²) < 4.78 is 0. The molecule has 7 N–H and O–H groups in total. The molecule has 128 valence electrons. The Morgan fingerprint density at radius 1 is 1.00 bits per heavy atom. The predicted molar refractivity (Wildman–Crippen MR) is 81.9 cm³/mol. The summed E-state index contributed by atoms with van der Waals surface area (Å²) in [6.07, 6.45) is 0. The number of amides is 3. The number of carbonyl (C=O) groups is 4. The largest absolute Gasteiger partial charge is 0.480 e. The standard InChI is InChI=1S/C14H22N4O5/c1-7(2)11(19)16-5-9(15)13(21)18-10(14(22)23)6-17-12(20)8(3)4/h9-10H,1,3,5-6,15H2,2,4H3,(H,16,19)(H,17,20)(H,18,21)(H,22,23)/p+1/t9-,10-/m0/s1. The van der Waals surface area contributed by atoms with Crippen LogP contribution in [0.1, 0.15) is 13.8 Å². The van der Waals surface area contributed by atoms with Gasteiger partial charge in [0.25, 0.3) is 5.91 Å². The van der Waals surface area contributed by atoms with Gasteiger partial charge in [-0.3, -0.25) is 14.4 Å². The third-order valence-corrected chi connectivity index (χ3v) is 2.74. The van der Waals surface area contributed by atoms with Crippen LogP contribution in [0.5, 0.6) is 0 Å². The van der Waals surface area contributed by atoms with E-state index in [4.69, 9.17) is 5.11 Å². The van der Waals surface area contributed by atoms with Crippen LogP contribution in [0.25, 0.3) is 0 Å². The van der Waals surface area contributed by atoms with E-state index in [2.05, 4.69) is 34.8 Å². The molecule has 0 aliphatic heterocycles. The van der Waals surface area contributed by atoms with Crippen LogP contribution >= 0.6 is 0 Å². The molecule has 3 amide bonds. The molecule has 0 rings (SSSR count). The molecule has 0 fully saturated rings. The van der Waals surface area contributed by atoms with Crippen LogP contribution in [0.2, 0.25) is 0 Å². The Labute approximate surface area is 134 Å². The highest BCUT2D eigenvalue weighted by atomic mass is 16.4. The molecule has 0 aromatic carbocycles. The number of nitrogens with one attached hydrogen (secondary N) is 3. The molecule has 0 aliphatic carbocycles. The van der Waals surface area contributed by atoms with Crippen LogP contribution in [0.15, 0.2) is 24.3 Å². The first kappa shape index (κ1) is 20.3. The quantitative estimate of drug-likeness (QED) is 0.298. The topological polar surface area (TPSA) is 152 Å². The fourth-order valence-electron chi connectivity index (χ4n) is 1.29. The second kappa shape index (κ2) is 9.36. The third-order valence-electron chi connectivity index (χ3n) is 2.74. The smallest absolute Gasteiger partial charge is 0.328 e. The molecular weight excluding hydrogens is 304 g/mol. The van der Waals surface area contributed by atoms with E-state index in [0.717, 1.165) is 0 Å². The zero-order chi connectivity index (χ0) is 18.2. The number of quaternary nitrogens is 1. The minimum absolute atomic E-state index is 0.0675. The fraction of sp³-hybridized carbons (Fsp3) is 0.429. The van der Waals surface area contributed by atoms with Crippen molar-refractivity contribution in [3.63, 3.8) is 0 Å². The number of hydrogen-bond donors (Lipinski definition) is 5. The molecule has 2 atom stereocenters. The van der Waals surface area contributed by atoms with Crippen molar-refractivity contribution in [2.24, 2.45) is 0 Å². The molecule has 0 radical (unpaired) electrons. The van der Waals surface area contributed by atoms with E-state index in [1.807, 2.05) is 0 Å². The number of carboxylic acids is 1. The maximum atomic E-state index is 11.9. The minimum atomic E-state index is -1.31. The zero-order valence-corrected chi connectivity index (χ0v) is 13.3. The van der Waals surface area contributed by atoms with Crippen LogP contribution in [-0.2, 0) is 19.2 Å². The normalized spacial score (nSPS) is 12.5. The molecule has 0 aliphatic rings. The lowest BCUT2D eigenvalue weighted by molar-refractivity contribution is -0.401. The number of aliphatic carboxylic acids is 1. The number of hydrogen-bond acceptors (Lipinski definition) is 4. The van der Waals surface area contributed by atoms with Crippen molar-refractivity contribution in [1.82, 2.24) is 16.0 Å². The van der Waals surface area contributed by atoms with Crippen molar-refractivity contribution in [3.8, 4) is 0 Å². The maximum Gasteiger partial charge on any atom is 0.328 e. The van der Waals surface area contributed by atoms with E-state index in [1.165, 1.54) is 13.8 Å². The average Bonchev–Trinajstić information content (AvgIpc) is 2.47. The van der Waals surface area contributed by atoms with E-state index in [1.54, 1.807) is 0 Å². The van der Waals surface area contributed by atoms with Gasteiger partial charge < -0.3 is 26.8 Å². The second-order valence-corrected chi connectivity index (χ2v) is 5.08. The molecular formula is C14H23N4O5+. The van der Waals surface area contributed by atoms with Crippen molar-refractivity contribution in [2.45, 2.75) is 25.9 Å². The lowest BCUT2D eigenvalue weighted by atomic mass is 10.2. The van der Waals surface area contributed by atoms with Gasteiger partial charge in [-0.25, -0.2) is 4.79 Å². The minimum Gasteiger partial charge on any atom is -0.480 e. The number of carbonyl (C=O) groups excluding carboxylic acids is 3. The highest BCUT2D eigenvalue weighted by Gasteiger charge is 2.26. The summed E-state index contributed by atoms with van der Waals surface area (Å²) in [6, 6.07) is -2.20. The van der Waals surface area contributed by atoms with Gasteiger partial charge in [-0.05, 0) is 13.8 Å². The molecule has 23 heavy (non-hydrogen) atoms. The van der Waals surface area contributed by atoms with Gasteiger partial charge in [-0.15, -0.1) is 0 Å². The molecule has 0 unspecified atom stereocenters. The molecule has 0 heterocycles. The summed E-state index contributed by atoms with van der Waals surface area (Å²) in [5.74, 6) is -2.90. The van der Waals surface area contributed by atoms with Gasteiger partial charge >= 0.3 is 5.97 Å². The first-order valence-corrected chi connectivity index (χ1v) is 6.80. The van der Waals surface area contributed by atoms with Crippen molar-refractivity contribution in [3.05, 3.63) is 24.3 Å². The van der Waals surface area contributed by atoms with Gasteiger partial charge in [0.2, 0.25) is 11.8 Å². The molecule has 0 bridgehead atoms. The first-order chi connectivity index (χ1) is 10.6. The van der Waals surface area contributed by atoms with Gasteiger partial charge in [-0.1, -0.05) is 13.2 Å². The molecule has 0 aromatic rings. The Morgan fingerprint density at radius 3 is 1.83 bits per heavy atom. The van der Waals surface area contributed by atoms with Crippen LogP contribution in [-0.4, -0.2) is 54.0 Å². The van der Waals surface area contributed by atoms with Gasteiger partial charge in [0.05, 0.1) is 6.54 Å². The highest BCUT2D eigenvalue weighted by Crippen LogP contribution is 1.90. The average molecular weight is 327 g/mol. The molecule has 0 aromatic heterocycles. The molecule has 0 spiro atoms. The molecule has 0 saturated carbocycles. The lowest BCUT2D eigenvalue weighted by Crippen LogP contribution is -2.72. The lowest BCUT2D eigenvalue weighted by Gasteiger charge is -2.17. The summed E-state index contributed by atoms with van der Waals surface area (Å²) in [4.78, 5) is 45.7. The van der Waals surface area contributed by atoms with Crippen LogP contribution in [0, 0.1) is 0 Å². The van der Waals surface area contributed by atoms with E-state index < -0.39 is 35.8 Å². The van der Waals surface area contributed by atoms with Crippen LogP contribution < -0.4 is 21.7 Å². The monoisotopic (exact) mass is 327 g/mol. The highest BCUT2D eigenvalue weighted by molar-refractivity contribution is 5.93. The summed E-state index contributed by atoms with van der Waals surface area (Å²) in [5.41, 5.74) is 4.06. The van der Waals surface area contributed by atoms with Crippen molar-refractivity contribution in [2.75, 3.05) is 13.1 Å². The van der Waals surface area contributed by atoms with E-state index >= 15 is 0 Å². The number of rotatable bonds is 9. The summed E-state index contributed by atoms with van der Waals surface area (Å²) >= 11 is 0. The predicted octanol–water partition coefficient (Wildman–Crippen LogP) is -2.45. The third kappa shape index (κ3) is 7.77. The first-order valence-electron chi connectivity index (χ1n) is 6.80. The summed E-state index contributed by atoms with van der Waals surface area (Å²) in [6.45, 7) is 9.49. The maximum absolute atomic E-state index is 11.9. The van der Waals surface area contributed by atoms with Gasteiger partial charge in [-0.2, -0.15) is 0 Å². The second-order valence-electron chi connectivity index (χ2n) is 5.08. The molecule has 9 nitrogen and oxygen atoms in total. The van der Waals surface area contributed by atoms with Crippen molar-refractivity contribution >= 4 is 23.7 Å². The Balaban J connectivity index is 4.51. The number of carboxylic acid groups (broad SMARTS) is 1. The van der Waals surface area contributed by atoms with Crippen LogP contribution in [0.4, 0.5) is 0 Å². The zero-order valence-electron chi connectivity index (χ0n) is 13.3. The van der Waals surface area contributed by atoms with E-state index in [9.17, 15) is 19.2 Å².